The van der Waals surface area contributed by atoms with Crippen LogP contribution in [0.15, 0.2) is 30.3 Å². The third kappa shape index (κ3) is 1.80. The van der Waals surface area contributed by atoms with E-state index in [4.69, 9.17) is 0 Å². The fourth-order valence-corrected chi connectivity index (χ4v) is 5.64. The molecule has 23 heavy (non-hydrogen) atoms. The van der Waals surface area contributed by atoms with Crippen LogP contribution in [0.1, 0.15) is 18.9 Å². The molecule has 2 aliphatic heterocycles. The number of benzene rings is 1. The molecular formula is C16H16N2O4S. The summed E-state index contributed by atoms with van der Waals surface area (Å²) in [4.78, 5) is 37.5. The van der Waals surface area contributed by atoms with E-state index in [1.807, 2.05) is 37.3 Å². The van der Waals surface area contributed by atoms with Gasteiger partial charge in [-0.15, -0.1) is 11.8 Å². The maximum atomic E-state index is 12.4. The molecule has 1 saturated carbocycles. The molecule has 120 valence electrons. The molecule has 1 aromatic rings. The highest BCUT2D eigenvalue weighted by atomic mass is 32.2. The first kappa shape index (κ1) is 14.6. The number of carboxylic acid groups (broad SMARTS) is 1. The van der Waals surface area contributed by atoms with Crippen molar-refractivity contribution in [1.29, 1.82) is 0 Å². The third-order valence-electron chi connectivity index (χ3n) is 5.06. The van der Waals surface area contributed by atoms with Crippen molar-refractivity contribution in [1.82, 2.24) is 10.2 Å². The molecule has 2 saturated heterocycles. The van der Waals surface area contributed by atoms with Crippen LogP contribution in [-0.2, 0) is 20.8 Å². The predicted octanol–water partition coefficient (Wildman–Crippen LogP) is 0.615. The highest BCUT2D eigenvalue weighted by Gasteiger charge is 2.85. The Labute approximate surface area is 137 Å². The lowest BCUT2D eigenvalue weighted by Crippen LogP contribution is -2.72. The molecule has 4 rings (SSSR count). The van der Waals surface area contributed by atoms with Gasteiger partial charge in [0.2, 0.25) is 11.8 Å². The van der Waals surface area contributed by atoms with Gasteiger partial charge in [0.05, 0.1) is 11.2 Å². The van der Waals surface area contributed by atoms with Gasteiger partial charge in [0, 0.05) is 6.42 Å². The van der Waals surface area contributed by atoms with E-state index in [9.17, 15) is 19.5 Å². The number of aliphatic carboxylic acids is 1. The second-order valence-electron chi connectivity index (χ2n) is 6.50. The minimum atomic E-state index is -1.07. The minimum Gasteiger partial charge on any atom is -0.479 e. The molecule has 2 amide bonds. The highest BCUT2D eigenvalue weighted by Crippen LogP contribution is 2.71. The smallest absolute Gasteiger partial charge is 0.331 e. The van der Waals surface area contributed by atoms with Gasteiger partial charge in [-0.25, -0.2) is 4.79 Å². The summed E-state index contributed by atoms with van der Waals surface area (Å²) in [5.74, 6) is -1.45. The summed E-state index contributed by atoms with van der Waals surface area (Å²) in [6.07, 6.45) is 0.691. The molecule has 0 unspecified atom stereocenters. The predicted molar refractivity (Wildman–Crippen MR) is 83.7 cm³/mol. The molecule has 4 atom stereocenters. The van der Waals surface area contributed by atoms with Crippen LogP contribution in [-0.4, -0.2) is 49.5 Å². The van der Waals surface area contributed by atoms with E-state index >= 15 is 0 Å². The summed E-state index contributed by atoms with van der Waals surface area (Å²) in [5.41, 5.74) is -0.190. The second-order valence-corrected chi connectivity index (χ2v) is 8.12. The van der Waals surface area contributed by atoms with Crippen molar-refractivity contribution in [3.05, 3.63) is 35.9 Å². The summed E-state index contributed by atoms with van der Waals surface area (Å²) in [6, 6.07) is 8.69. The van der Waals surface area contributed by atoms with E-state index in [-0.39, 0.29) is 23.6 Å². The van der Waals surface area contributed by atoms with Crippen molar-refractivity contribution in [2.75, 3.05) is 0 Å². The highest BCUT2D eigenvalue weighted by molar-refractivity contribution is 8.02. The normalized spacial score (nSPS) is 36.7. The third-order valence-corrected chi connectivity index (χ3v) is 6.78. The summed E-state index contributed by atoms with van der Waals surface area (Å²) in [6.45, 7) is 1.88. The average Bonchev–Trinajstić information content (AvgIpc) is 3.04. The number of hydrogen-bond donors (Lipinski definition) is 2. The van der Waals surface area contributed by atoms with E-state index in [1.165, 1.54) is 16.7 Å². The first-order chi connectivity index (χ1) is 10.9. The molecule has 2 N–H and O–H groups in total. The Morgan fingerprint density at radius 3 is 2.74 bits per heavy atom. The van der Waals surface area contributed by atoms with E-state index in [2.05, 4.69) is 5.32 Å². The number of carbonyl (C=O) groups is 3. The van der Waals surface area contributed by atoms with E-state index < -0.39 is 22.3 Å². The molecule has 0 spiro atoms. The first-order valence-electron chi connectivity index (χ1n) is 7.47. The summed E-state index contributed by atoms with van der Waals surface area (Å²) < 4.78 is -0.432. The SMILES string of the molecule is C[C@]12C[C@@]1(C(=O)O)N1C(=O)[C@@H](NC(=O)Cc3ccccc3)[C@H]1S2. The Balaban J connectivity index is 1.44. The lowest BCUT2D eigenvalue weighted by Gasteiger charge is -2.45. The molecule has 0 radical (unpaired) electrons. The number of nitrogens with zero attached hydrogens (tertiary/aromatic N) is 1. The van der Waals surface area contributed by atoms with Crippen LogP contribution in [0.25, 0.3) is 0 Å². The quantitative estimate of drug-likeness (QED) is 0.789. The molecule has 0 bridgehead atoms. The lowest BCUT2D eigenvalue weighted by atomic mass is 10.0. The van der Waals surface area contributed by atoms with Crippen molar-refractivity contribution in [3.63, 3.8) is 0 Å². The number of hydrogen-bond acceptors (Lipinski definition) is 4. The van der Waals surface area contributed by atoms with Gasteiger partial charge in [-0.2, -0.15) is 0 Å². The first-order valence-corrected chi connectivity index (χ1v) is 8.35. The lowest BCUT2D eigenvalue weighted by molar-refractivity contribution is -0.163. The topological polar surface area (TPSA) is 86.7 Å². The molecule has 6 nitrogen and oxygen atoms in total. The minimum absolute atomic E-state index is 0.212. The maximum Gasteiger partial charge on any atom is 0.331 e. The van der Waals surface area contributed by atoms with Gasteiger partial charge in [0.25, 0.3) is 0 Å². The Morgan fingerprint density at radius 2 is 2.09 bits per heavy atom. The van der Waals surface area contributed by atoms with Gasteiger partial charge >= 0.3 is 5.97 Å². The Kier molecular flexibility index (Phi) is 2.85. The molecular weight excluding hydrogens is 316 g/mol. The Bertz CT molecular complexity index is 724. The van der Waals surface area contributed by atoms with Gasteiger partial charge in [-0.05, 0) is 12.5 Å². The van der Waals surface area contributed by atoms with Crippen LogP contribution in [0.5, 0.6) is 0 Å². The number of nitrogens with one attached hydrogen (secondary N) is 1. The Hall–Kier alpha value is -2.02. The fraction of sp³-hybridized carbons (Fsp3) is 0.438. The van der Waals surface area contributed by atoms with Crippen LogP contribution >= 0.6 is 11.8 Å². The standard InChI is InChI=1S/C16H16N2O4S/c1-15-8-16(15,14(21)22)18-12(20)11(13(18)23-15)17-10(19)7-9-5-3-2-4-6-9/h2-6,11,13H,7-8H2,1H3,(H,17,19)(H,21,22)/t11-,13-,15+,16+/m1/s1. The molecule has 3 fully saturated rings. The number of rotatable bonds is 4. The fourth-order valence-electron chi connectivity index (χ4n) is 3.72. The zero-order chi connectivity index (χ0) is 16.4. The van der Waals surface area contributed by atoms with E-state index in [1.54, 1.807) is 0 Å². The number of carboxylic acids is 1. The van der Waals surface area contributed by atoms with Crippen LogP contribution < -0.4 is 5.32 Å². The zero-order valence-corrected chi connectivity index (χ0v) is 13.3. The molecule has 3 aliphatic rings. The van der Waals surface area contributed by atoms with Crippen molar-refractivity contribution in [2.24, 2.45) is 0 Å². The van der Waals surface area contributed by atoms with Gasteiger partial charge in [-0.3, -0.25) is 9.59 Å². The average molecular weight is 332 g/mol. The monoisotopic (exact) mass is 332 g/mol. The second kappa shape index (κ2) is 4.50. The molecule has 2 heterocycles. The molecule has 1 aromatic carbocycles. The number of thioether (sulfide) groups is 1. The van der Waals surface area contributed by atoms with Crippen molar-refractivity contribution < 1.29 is 19.5 Å². The zero-order valence-electron chi connectivity index (χ0n) is 12.5. The summed E-state index contributed by atoms with van der Waals surface area (Å²) >= 11 is 1.49. The number of β-lactam (4-membered cyclic amide) rings is 1. The Morgan fingerprint density at radius 1 is 1.39 bits per heavy atom. The van der Waals surface area contributed by atoms with Crippen LogP contribution in [0, 0.1) is 0 Å². The van der Waals surface area contributed by atoms with Crippen LogP contribution in [0.3, 0.4) is 0 Å². The van der Waals surface area contributed by atoms with Gasteiger partial charge in [-0.1, -0.05) is 30.3 Å². The number of amides is 2. The molecule has 7 heteroatoms. The largest absolute Gasteiger partial charge is 0.479 e. The molecule has 0 aromatic heterocycles. The van der Waals surface area contributed by atoms with Crippen molar-refractivity contribution in [3.8, 4) is 0 Å². The number of carbonyl (C=O) groups excluding carboxylic acids is 2. The van der Waals surface area contributed by atoms with Crippen LogP contribution in [0.4, 0.5) is 0 Å². The van der Waals surface area contributed by atoms with Crippen molar-refractivity contribution in [2.45, 2.75) is 41.5 Å². The molecule has 1 aliphatic carbocycles. The van der Waals surface area contributed by atoms with E-state index in [0.717, 1.165) is 5.56 Å². The van der Waals surface area contributed by atoms with Crippen LogP contribution in [0.2, 0.25) is 0 Å². The van der Waals surface area contributed by atoms with Crippen molar-refractivity contribution >= 4 is 29.5 Å². The maximum absolute atomic E-state index is 12.4. The summed E-state index contributed by atoms with van der Waals surface area (Å²) in [5, 5.41) is 12.0. The van der Waals surface area contributed by atoms with E-state index in [0.29, 0.717) is 6.42 Å². The summed E-state index contributed by atoms with van der Waals surface area (Å²) in [7, 11) is 0. The number of fused-ring (bicyclic) bond motifs is 3. The van der Waals surface area contributed by atoms with Gasteiger partial charge in [0.15, 0.2) is 5.54 Å². The van der Waals surface area contributed by atoms with Gasteiger partial charge < -0.3 is 15.3 Å². The van der Waals surface area contributed by atoms with Gasteiger partial charge in [0.1, 0.15) is 11.4 Å².